The van der Waals surface area contributed by atoms with Crippen LogP contribution in [0.3, 0.4) is 0 Å². The molecule has 1 N–H and O–H groups in total. The average Bonchev–Trinajstić information content (AvgIpc) is 2.87. The van der Waals surface area contributed by atoms with Gasteiger partial charge in [0.15, 0.2) is 0 Å². The Morgan fingerprint density at radius 3 is 1.76 bits per heavy atom. The van der Waals surface area contributed by atoms with Crippen molar-refractivity contribution in [3.63, 3.8) is 0 Å². The molecule has 2 aromatic carbocycles. The maximum Gasteiger partial charge on any atom is 0.147 e. The number of phenols is 1. The molecular formula is C21H27N3O. The normalized spacial score (nSPS) is 12.8. The predicted molar refractivity (Wildman–Crippen MR) is 103 cm³/mol. The number of fused-ring (bicyclic) bond motifs is 1. The molecule has 4 nitrogen and oxygen atoms in total. The van der Waals surface area contributed by atoms with E-state index in [1.165, 1.54) is 5.56 Å². The van der Waals surface area contributed by atoms with Gasteiger partial charge in [0.05, 0.1) is 0 Å². The van der Waals surface area contributed by atoms with Crippen molar-refractivity contribution in [3.8, 4) is 11.4 Å². The largest absolute Gasteiger partial charge is 0.505 e. The molecule has 3 rings (SSSR count). The minimum absolute atomic E-state index is 0.0426. The number of hydrogen-bond acceptors (Lipinski definition) is 3. The van der Waals surface area contributed by atoms with Crippen LogP contribution in [0.5, 0.6) is 5.75 Å². The van der Waals surface area contributed by atoms with Crippen LogP contribution in [0.4, 0.5) is 0 Å². The van der Waals surface area contributed by atoms with E-state index in [0.29, 0.717) is 5.69 Å². The maximum atomic E-state index is 11.1. The second-order valence-electron chi connectivity index (χ2n) is 8.77. The highest BCUT2D eigenvalue weighted by atomic mass is 16.3. The van der Waals surface area contributed by atoms with Crippen molar-refractivity contribution in [3.05, 3.63) is 47.0 Å². The first kappa shape index (κ1) is 17.5. The van der Waals surface area contributed by atoms with E-state index >= 15 is 0 Å². The highest BCUT2D eigenvalue weighted by molar-refractivity contribution is 5.74. The van der Waals surface area contributed by atoms with Crippen LogP contribution in [0.25, 0.3) is 16.7 Å². The molecule has 0 radical (unpaired) electrons. The summed E-state index contributed by atoms with van der Waals surface area (Å²) in [7, 11) is 0. The van der Waals surface area contributed by atoms with Crippen LogP contribution in [0.15, 0.2) is 30.3 Å². The fourth-order valence-electron chi connectivity index (χ4n) is 3.31. The Hall–Kier alpha value is -2.36. The first-order chi connectivity index (χ1) is 11.5. The van der Waals surface area contributed by atoms with E-state index in [-0.39, 0.29) is 16.6 Å². The molecule has 132 valence electrons. The van der Waals surface area contributed by atoms with Gasteiger partial charge in [0.1, 0.15) is 22.5 Å². The van der Waals surface area contributed by atoms with Crippen molar-refractivity contribution in [2.45, 2.75) is 59.3 Å². The molecule has 0 amide bonds. The Bertz CT molecular complexity index is 869. The summed E-state index contributed by atoms with van der Waals surface area (Å²) in [5.41, 5.74) is 5.22. The molecule has 0 saturated heterocycles. The topological polar surface area (TPSA) is 50.9 Å². The van der Waals surface area contributed by atoms with Crippen LogP contribution in [0.2, 0.25) is 0 Å². The van der Waals surface area contributed by atoms with Gasteiger partial charge < -0.3 is 5.11 Å². The molecule has 0 aliphatic rings. The Kier molecular flexibility index (Phi) is 3.90. The second kappa shape index (κ2) is 5.58. The molecule has 3 aromatic rings. The first-order valence-electron chi connectivity index (χ1n) is 8.70. The fraction of sp³-hybridized carbons (Fsp3) is 0.429. The lowest BCUT2D eigenvalue weighted by Gasteiger charge is -2.29. The molecule has 25 heavy (non-hydrogen) atoms. The maximum absolute atomic E-state index is 11.1. The van der Waals surface area contributed by atoms with Crippen molar-refractivity contribution in [2.75, 3.05) is 0 Å². The van der Waals surface area contributed by atoms with Crippen molar-refractivity contribution >= 4 is 11.0 Å². The zero-order valence-electron chi connectivity index (χ0n) is 16.2. The Labute approximate surface area is 149 Å². The van der Waals surface area contributed by atoms with Crippen molar-refractivity contribution in [1.29, 1.82) is 0 Å². The molecule has 0 aliphatic heterocycles. The Morgan fingerprint density at radius 2 is 1.32 bits per heavy atom. The van der Waals surface area contributed by atoms with Gasteiger partial charge in [-0.3, -0.25) is 0 Å². The van der Waals surface area contributed by atoms with Crippen LogP contribution in [-0.4, -0.2) is 20.1 Å². The molecule has 0 fully saturated rings. The minimum atomic E-state index is -0.181. The summed E-state index contributed by atoms with van der Waals surface area (Å²) in [4.78, 5) is 1.58. The van der Waals surface area contributed by atoms with Crippen molar-refractivity contribution in [1.82, 2.24) is 15.0 Å². The van der Waals surface area contributed by atoms with Gasteiger partial charge >= 0.3 is 0 Å². The molecule has 0 saturated carbocycles. The van der Waals surface area contributed by atoms with E-state index in [0.717, 1.165) is 22.2 Å². The Morgan fingerprint density at radius 1 is 0.840 bits per heavy atom. The van der Waals surface area contributed by atoms with Gasteiger partial charge in [0.25, 0.3) is 0 Å². The van der Waals surface area contributed by atoms with E-state index < -0.39 is 0 Å². The summed E-state index contributed by atoms with van der Waals surface area (Å²) in [6, 6.07) is 9.89. The minimum Gasteiger partial charge on any atom is -0.505 e. The fourth-order valence-corrected chi connectivity index (χ4v) is 3.31. The van der Waals surface area contributed by atoms with Crippen LogP contribution in [0, 0.1) is 6.92 Å². The third-order valence-electron chi connectivity index (χ3n) is 4.63. The molecule has 4 heteroatoms. The second-order valence-corrected chi connectivity index (χ2v) is 8.77. The van der Waals surface area contributed by atoms with Crippen LogP contribution >= 0.6 is 0 Å². The van der Waals surface area contributed by atoms with Gasteiger partial charge in [0, 0.05) is 5.56 Å². The smallest absolute Gasteiger partial charge is 0.147 e. The van der Waals surface area contributed by atoms with E-state index in [9.17, 15) is 5.11 Å². The summed E-state index contributed by atoms with van der Waals surface area (Å²) < 4.78 is 0. The third kappa shape index (κ3) is 3.01. The van der Waals surface area contributed by atoms with E-state index in [4.69, 9.17) is 0 Å². The average molecular weight is 337 g/mol. The summed E-state index contributed by atoms with van der Waals surface area (Å²) in [5, 5.41) is 20.3. The number of benzene rings is 2. The lowest BCUT2D eigenvalue weighted by atomic mass is 9.77. The van der Waals surface area contributed by atoms with E-state index in [1.807, 2.05) is 31.2 Å². The molecular weight excluding hydrogens is 310 g/mol. The molecule has 0 spiro atoms. The number of aromatic nitrogens is 3. The zero-order valence-corrected chi connectivity index (χ0v) is 16.2. The zero-order chi connectivity index (χ0) is 18.6. The molecule has 1 heterocycles. The number of aromatic hydroxyl groups is 1. The molecule has 0 bridgehead atoms. The number of hydrogen-bond donors (Lipinski definition) is 1. The summed E-state index contributed by atoms with van der Waals surface area (Å²) in [6.45, 7) is 14.9. The van der Waals surface area contributed by atoms with Crippen LogP contribution < -0.4 is 0 Å². The first-order valence-corrected chi connectivity index (χ1v) is 8.70. The SMILES string of the molecule is Cc1c(C(C)(C)C)cc(C(C)(C)C)c(O)c1-n1nc2ccccc2n1. The number of phenolic OH excluding ortho intramolecular Hbond substituents is 1. The molecule has 0 atom stereocenters. The summed E-state index contributed by atoms with van der Waals surface area (Å²) >= 11 is 0. The quantitative estimate of drug-likeness (QED) is 0.677. The predicted octanol–water partition coefficient (Wildman–Crippen LogP) is 5.03. The van der Waals surface area contributed by atoms with Gasteiger partial charge in [-0.1, -0.05) is 59.7 Å². The summed E-state index contributed by atoms with van der Waals surface area (Å²) in [5.74, 6) is 0.262. The molecule has 0 aliphatic carbocycles. The van der Waals surface area contributed by atoms with E-state index in [1.54, 1.807) is 4.80 Å². The van der Waals surface area contributed by atoms with Gasteiger partial charge in [-0.05, 0) is 41.0 Å². The summed E-state index contributed by atoms with van der Waals surface area (Å²) in [6.07, 6.45) is 0. The molecule has 0 unspecified atom stereocenters. The van der Waals surface area contributed by atoms with Crippen molar-refractivity contribution in [2.24, 2.45) is 0 Å². The van der Waals surface area contributed by atoms with Crippen LogP contribution in [0.1, 0.15) is 58.2 Å². The molecule has 1 aromatic heterocycles. The highest BCUT2D eigenvalue weighted by Gasteiger charge is 2.29. The lowest BCUT2D eigenvalue weighted by molar-refractivity contribution is 0.437. The van der Waals surface area contributed by atoms with Gasteiger partial charge in [-0.15, -0.1) is 15.0 Å². The lowest BCUT2D eigenvalue weighted by Crippen LogP contribution is -2.20. The van der Waals surface area contributed by atoms with Gasteiger partial charge in [-0.2, -0.15) is 0 Å². The third-order valence-corrected chi connectivity index (χ3v) is 4.63. The number of rotatable bonds is 1. The van der Waals surface area contributed by atoms with Crippen molar-refractivity contribution < 1.29 is 5.11 Å². The van der Waals surface area contributed by atoms with Gasteiger partial charge in [-0.25, -0.2) is 0 Å². The Balaban J connectivity index is 2.38. The number of nitrogens with zero attached hydrogens (tertiary/aromatic N) is 3. The highest BCUT2D eigenvalue weighted by Crippen LogP contribution is 2.41. The monoisotopic (exact) mass is 337 g/mol. The van der Waals surface area contributed by atoms with Gasteiger partial charge in [0.2, 0.25) is 0 Å². The van der Waals surface area contributed by atoms with E-state index in [2.05, 4.69) is 57.8 Å². The van der Waals surface area contributed by atoms with Crippen LogP contribution in [-0.2, 0) is 10.8 Å². The standard InChI is InChI=1S/C21H27N3O/c1-13-14(20(2,3)4)12-15(21(5,6)7)19(25)18(13)24-22-16-10-8-9-11-17(16)23-24/h8-12,25H,1-7H3.